The van der Waals surface area contributed by atoms with Gasteiger partial charge in [0.15, 0.2) is 11.5 Å². The minimum atomic E-state index is -0.354. The molecule has 0 bridgehead atoms. The standard InChI is InChI=1S/C23H27N3O4/c1-4-15-11-17(19(28)12-18(15)27)22-20(21(26-30-22)23(29)25-6-3)16-9-7-14(8-10-16)13-24-5-2/h7-12,24,27-28H,4-6,13H2,1-3H3,(H,25,29). The van der Waals surface area contributed by atoms with Crippen molar-refractivity contribution in [2.24, 2.45) is 0 Å². The molecular formula is C23H27N3O4. The van der Waals surface area contributed by atoms with Crippen molar-refractivity contribution >= 4 is 5.91 Å². The van der Waals surface area contributed by atoms with Crippen LogP contribution in [0.25, 0.3) is 22.5 Å². The topological polar surface area (TPSA) is 108 Å². The molecule has 0 unspecified atom stereocenters. The molecule has 0 aliphatic heterocycles. The van der Waals surface area contributed by atoms with Gasteiger partial charge in [0.1, 0.15) is 11.5 Å². The van der Waals surface area contributed by atoms with E-state index in [4.69, 9.17) is 4.52 Å². The second-order valence-corrected chi connectivity index (χ2v) is 6.92. The highest BCUT2D eigenvalue weighted by atomic mass is 16.5. The smallest absolute Gasteiger partial charge is 0.274 e. The molecule has 3 rings (SSSR count). The third-order valence-electron chi connectivity index (χ3n) is 4.89. The number of phenols is 2. The predicted molar refractivity (Wildman–Crippen MR) is 115 cm³/mol. The Balaban J connectivity index is 2.15. The summed E-state index contributed by atoms with van der Waals surface area (Å²) in [5.74, 6) is -0.207. The third kappa shape index (κ3) is 4.31. The monoisotopic (exact) mass is 409 g/mol. The quantitative estimate of drug-likeness (QED) is 0.450. The van der Waals surface area contributed by atoms with Crippen LogP contribution in [-0.4, -0.2) is 34.4 Å². The Kier molecular flexibility index (Phi) is 6.74. The van der Waals surface area contributed by atoms with Crippen LogP contribution in [0.3, 0.4) is 0 Å². The first-order valence-electron chi connectivity index (χ1n) is 10.1. The lowest BCUT2D eigenvalue weighted by Crippen LogP contribution is -2.23. The van der Waals surface area contributed by atoms with Gasteiger partial charge in [-0.1, -0.05) is 43.3 Å². The second kappa shape index (κ2) is 9.45. The number of hydrogen-bond donors (Lipinski definition) is 4. The summed E-state index contributed by atoms with van der Waals surface area (Å²) in [7, 11) is 0. The zero-order valence-electron chi connectivity index (χ0n) is 17.5. The van der Waals surface area contributed by atoms with E-state index in [1.165, 1.54) is 6.07 Å². The average molecular weight is 409 g/mol. The Morgan fingerprint density at radius 3 is 2.40 bits per heavy atom. The van der Waals surface area contributed by atoms with Gasteiger partial charge in [-0.25, -0.2) is 0 Å². The molecule has 0 aliphatic rings. The van der Waals surface area contributed by atoms with Crippen LogP contribution in [0, 0.1) is 0 Å². The van der Waals surface area contributed by atoms with Crippen LogP contribution in [0.4, 0.5) is 0 Å². The van der Waals surface area contributed by atoms with E-state index < -0.39 is 0 Å². The van der Waals surface area contributed by atoms with Gasteiger partial charge in [-0.05, 0) is 42.6 Å². The molecule has 0 radical (unpaired) electrons. The number of aromatic nitrogens is 1. The zero-order chi connectivity index (χ0) is 21.7. The van der Waals surface area contributed by atoms with Crippen LogP contribution in [0.15, 0.2) is 40.9 Å². The fourth-order valence-corrected chi connectivity index (χ4v) is 3.29. The predicted octanol–water partition coefficient (Wildman–Crippen LogP) is 3.84. The molecule has 0 saturated carbocycles. The molecule has 1 aromatic heterocycles. The average Bonchev–Trinajstić information content (AvgIpc) is 3.18. The van der Waals surface area contributed by atoms with Crippen LogP contribution in [-0.2, 0) is 13.0 Å². The summed E-state index contributed by atoms with van der Waals surface area (Å²) in [5, 5.41) is 30.5. The molecule has 7 heteroatoms. The molecule has 30 heavy (non-hydrogen) atoms. The lowest BCUT2D eigenvalue weighted by Gasteiger charge is -2.10. The van der Waals surface area contributed by atoms with Crippen molar-refractivity contribution < 1.29 is 19.5 Å². The van der Waals surface area contributed by atoms with E-state index >= 15 is 0 Å². The number of carbonyl (C=O) groups excluding carboxylic acids is 1. The molecule has 0 aliphatic carbocycles. The van der Waals surface area contributed by atoms with Crippen molar-refractivity contribution in [1.29, 1.82) is 0 Å². The minimum Gasteiger partial charge on any atom is -0.508 e. The minimum absolute atomic E-state index is 0.0107. The largest absolute Gasteiger partial charge is 0.508 e. The van der Waals surface area contributed by atoms with Gasteiger partial charge in [0.05, 0.1) is 11.1 Å². The Hall–Kier alpha value is -3.32. The van der Waals surface area contributed by atoms with Crippen LogP contribution < -0.4 is 10.6 Å². The van der Waals surface area contributed by atoms with E-state index in [-0.39, 0.29) is 28.9 Å². The van der Waals surface area contributed by atoms with Gasteiger partial charge < -0.3 is 25.4 Å². The van der Waals surface area contributed by atoms with Crippen LogP contribution in [0.1, 0.15) is 42.4 Å². The van der Waals surface area contributed by atoms with Crippen LogP contribution in [0.5, 0.6) is 11.5 Å². The first kappa shape index (κ1) is 21.4. The first-order valence-corrected chi connectivity index (χ1v) is 10.1. The van der Waals surface area contributed by atoms with E-state index in [0.717, 1.165) is 24.2 Å². The number of amides is 1. The molecule has 0 atom stereocenters. The van der Waals surface area contributed by atoms with Crippen molar-refractivity contribution in [2.45, 2.75) is 33.7 Å². The summed E-state index contributed by atoms with van der Waals surface area (Å²) >= 11 is 0. The maximum atomic E-state index is 12.6. The van der Waals surface area contributed by atoms with Gasteiger partial charge in [-0.3, -0.25) is 4.79 Å². The Labute approximate surface area is 175 Å². The number of nitrogens with zero attached hydrogens (tertiary/aromatic N) is 1. The Morgan fingerprint density at radius 1 is 1.03 bits per heavy atom. The van der Waals surface area contributed by atoms with Gasteiger partial charge in [-0.2, -0.15) is 0 Å². The number of phenolic OH excluding ortho intramolecular Hbond substituents is 2. The fourth-order valence-electron chi connectivity index (χ4n) is 3.29. The van der Waals surface area contributed by atoms with Gasteiger partial charge in [0.25, 0.3) is 5.91 Å². The first-order chi connectivity index (χ1) is 14.5. The van der Waals surface area contributed by atoms with Gasteiger partial charge in [0, 0.05) is 19.2 Å². The maximum Gasteiger partial charge on any atom is 0.274 e. The summed E-state index contributed by atoms with van der Waals surface area (Å²) < 4.78 is 5.55. The number of aromatic hydroxyl groups is 2. The Bertz CT molecular complexity index is 1030. The molecule has 0 fully saturated rings. The SMILES string of the molecule is CCNCc1ccc(-c2c(C(=O)NCC)noc2-c2cc(CC)c(O)cc2O)cc1. The molecule has 0 saturated heterocycles. The van der Waals surface area contributed by atoms with Crippen molar-refractivity contribution in [1.82, 2.24) is 15.8 Å². The van der Waals surface area contributed by atoms with E-state index in [1.807, 2.05) is 45.0 Å². The summed E-state index contributed by atoms with van der Waals surface area (Å²) in [6.07, 6.45) is 0.574. The highest BCUT2D eigenvalue weighted by molar-refractivity contribution is 6.02. The third-order valence-corrected chi connectivity index (χ3v) is 4.89. The summed E-state index contributed by atoms with van der Waals surface area (Å²) in [6, 6.07) is 10.7. The number of hydrogen-bond acceptors (Lipinski definition) is 6. The van der Waals surface area contributed by atoms with Crippen molar-refractivity contribution in [3.05, 3.63) is 53.2 Å². The molecule has 1 heterocycles. The summed E-state index contributed by atoms with van der Waals surface area (Å²) in [5.41, 5.74) is 3.54. The molecule has 0 spiro atoms. The molecule has 2 aromatic carbocycles. The highest BCUT2D eigenvalue weighted by Crippen LogP contribution is 2.41. The number of aryl methyl sites for hydroxylation is 1. The molecule has 4 N–H and O–H groups in total. The molecule has 1 amide bonds. The number of carbonyl (C=O) groups is 1. The second-order valence-electron chi connectivity index (χ2n) is 6.92. The van der Waals surface area contributed by atoms with Gasteiger partial charge >= 0.3 is 0 Å². The number of benzene rings is 2. The molecular weight excluding hydrogens is 382 g/mol. The zero-order valence-corrected chi connectivity index (χ0v) is 17.5. The van der Waals surface area contributed by atoms with E-state index in [0.29, 0.717) is 29.7 Å². The fraction of sp³-hybridized carbons (Fsp3) is 0.304. The lowest BCUT2D eigenvalue weighted by molar-refractivity contribution is 0.0947. The molecule has 7 nitrogen and oxygen atoms in total. The van der Waals surface area contributed by atoms with Crippen LogP contribution in [0.2, 0.25) is 0 Å². The number of nitrogens with one attached hydrogen (secondary N) is 2. The van der Waals surface area contributed by atoms with E-state index in [1.54, 1.807) is 6.07 Å². The normalized spacial score (nSPS) is 10.9. The maximum absolute atomic E-state index is 12.6. The lowest BCUT2D eigenvalue weighted by atomic mass is 9.96. The van der Waals surface area contributed by atoms with Crippen molar-refractivity contribution in [2.75, 3.05) is 13.1 Å². The molecule has 158 valence electrons. The van der Waals surface area contributed by atoms with Crippen LogP contribution >= 0.6 is 0 Å². The summed E-state index contributed by atoms with van der Waals surface area (Å²) in [6.45, 7) is 7.85. The highest BCUT2D eigenvalue weighted by Gasteiger charge is 2.26. The van der Waals surface area contributed by atoms with Gasteiger partial charge in [0.2, 0.25) is 0 Å². The summed E-state index contributed by atoms with van der Waals surface area (Å²) in [4.78, 5) is 12.6. The molecule has 3 aromatic rings. The number of rotatable bonds is 8. The van der Waals surface area contributed by atoms with Gasteiger partial charge in [-0.15, -0.1) is 0 Å². The van der Waals surface area contributed by atoms with Crippen molar-refractivity contribution in [3.8, 4) is 33.9 Å². The van der Waals surface area contributed by atoms with E-state index in [2.05, 4.69) is 15.8 Å². The van der Waals surface area contributed by atoms with E-state index in [9.17, 15) is 15.0 Å². The Morgan fingerprint density at radius 2 is 1.77 bits per heavy atom. The van der Waals surface area contributed by atoms with Crippen molar-refractivity contribution in [3.63, 3.8) is 0 Å².